The predicted octanol–water partition coefficient (Wildman–Crippen LogP) is 3.70. The first-order chi connectivity index (χ1) is 8.69. The summed E-state index contributed by atoms with van der Waals surface area (Å²) in [6, 6.07) is 14.2. The molecular weight excluding hydrogens is 295 g/mol. The number of anilines is 1. The van der Waals surface area contributed by atoms with Crippen LogP contribution in [0.1, 0.15) is 11.6 Å². The lowest BCUT2D eigenvalue weighted by Crippen LogP contribution is -2.20. The summed E-state index contributed by atoms with van der Waals surface area (Å²) < 4.78 is 14.2. The van der Waals surface area contributed by atoms with Gasteiger partial charge in [0.15, 0.2) is 0 Å². The van der Waals surface area contributed by atoms with Crippen molar-refractivity contribution in [2.24, 2.45) is 5.73 Å². The Labute approximate surface area is 114 Å². The Morgan fingerprint density at radius 1 is 1.17 bits per heavy atom. The summed E-state index contributed by atoms with van der Waals surface area (Å²) >= 11 is 3.38. The molecule has 94 valence electrons. The van der Waals surface area contributed by atoms with Gasteiger partial charge in [-0.2, -0.15) is 0 Å². The number of nitrogens with one attached hydrogen (secondary N) is 1. The van der Waals surface area contributed by atoms with Crippen LogP contribution in [0.3, 0.4) is 0 Å². The van der Waals surface area contributed by atoms with Crippen molar-refractivity contribution in [3.8, 4) is 0 Å². The van der Waals surface area contributed by atoms with Gasteiger partial charge in [0.1, 0.15) is 5.82 Å². The van der Waals surface area contributed by atoms with Gasteiger partial charge in [0.05, 0.1) is 6.04 Å². The molecule has 1 unspecified atom stereocenters. The molecule has 3 N–H and O–H groups in total. The van der Waals surface area contributed by atoms with Crippen LogP contribution < -0.4 is 11.1 Å². The Morgan fingerprint density at radius 3 is 2.50 bits per heavy atom. The molecule has 1 atom stereocenters. The first-order valence-electron chi connectivity index (χ1n) is 5.66. The second-order valence-electron chi connectivity index (χ2n) is 3.99. The first-order valence-corrected chi connectivity index (χ1v) is 6.46. The first kappa shape index (κ1) is 13.1. The normalized spacial score (nSPS) is 12.2. The summed E-state index contributed by atoms with van der Waals surface area (Å²) in [6.45, 7) is 0.402. The molecule has 0 aliphatic heterocycles. The molecule has 0 aromatic heterocycles. The van der Waals surface area contributed by atoms with Crippen molar-refractivity contribution in [2.45, 2.75) is 6.04 Å². The van der Waals surface area contributed by atoms with E-state index in [2.05, 4.69) is 21.2 Å². The Kier molecular flexibility index (Phi) is 4.33. The van der Waals surface area contributed by atoms with E-state index >= 15 is 0 Å². The second kappa shape index (κ2) is 5.98. The Balaban J connectivity index is 2.17. The van der Waals surface area contributed by atoms with Gasteiger partial charge >= 0.3 is 0 Å². The van der Waals surface area contributed by atoms with E-state index in [1.165, 1.54) is 12.1 Å². The van der Waals surface area contributed by atoms with Crippen LogP contribution >= 0.6 is 15.9 Å². The fourth-order valence-electron chi connectivity index (χ4n) is 1.75. The molecule has 0 saturated heterocycles. The fraction of sp³-hybridized carbons (Fsp3) is 0.143. The molecule has 2 nitrogen and oxygen atoms in total. The third-order valence-corrected chi connectivity index (χ3v) is 3.20. The molecule has 0 heterocycles. The molecule has 0 spiro atoms. The monoisotopic (exact) mass is 308 g/mol. The second-order valence-corrected chi connectivity index (χ2v) is 4.91. The molecule has 2 aromatic rings. The van der Waals surface area contributed by atoms with Gasteiger partial charge in [-0.25, -0.2) is 4.39 Å². The number of hydrogen-bond acceptors (Lipinski definition) is 2. The largest absolute Gasteiger partial charge is 0.377 e. The number of nitrogens with two attached hydrogens (primary N) is 1. The molecule has 0 aliphatic rings. The average molecular weight is 309 g/mol. The molecular formula is C14H14BrFN2. The van der Waals surface area contributed by atoms with Gasteiger partial charge in [-0.15, -0.1) is 0 Å². The number of halogens is 2. The van der Waals surface area contributed by atoms with E-state index in [0.29, 0.717) is 6.54 Å². The lowest BCUT2D eigenvalue weighted by atomic mass is 10.1. The van der Waals surface area contributed by atoms with Gasteiger partial charge in [-0.1, -0.05) is 28.1 Å². The SMILES string of the molecule is NCC(Nc1ccc(Br)cc1)c1cccc(F)c1. The van der Waals surface area contributed by atoms with Crippen LogP contribution in [0.5, 0.6) is 0 Å². The van der Waals surface area contributed by atoms with Crippen molar-refractivity contribution in [1.82, 2.24) is 0 Å². The van der Waals surface area contributed by atoms with Crippen molar-refractivity contribution < 1.29 is 4.39 Å². The zero-order valence-electron chi connectivity index (χ0n) is 9.74. The van der Waals surface area contributed by atoms with E-state index in [0.717, 1.165) is 15.7 Å². The molecule has 0 fully saturated rings. The van der Waals surface area contributed by atoms with Crippen LogP contribution in [0.25, 0.3) is 0 Å². The molecule has 4 heteroatoms. The Morgan fingerprint density at radius 2 is 1.89 bits per heavy atom. The summed E-state index contributed by atoms with van der Waals surface area (Å²) in [5.74, 6) is -0.247. The Hall–Kier alpha value is -1.39. The van der Waals surface area contributed by atoms with Crippen LogP contribution in [-0.4, -0.2) is 6.54 Å². The molecule has 18 heavy (non-hydrogen) atoms. The maximum absolute atomic E-state index is 13.2. The van der Waals surface area contributed by atoms with Crippen LogP contribution in [0, 0.1) is 5.82 Å². The maximum atomic E-state index is 13.2. The highest BCUT2D eigenvalue weighted by molar-refractivity contribution is 9.10. The predicted molar refractivity (Wildman–Crippen MR) is 76.0 cm³/mol. The van der Waals surface area contributed by atoms with Crippen LogP contribution in [0.15, 0.2) is 53.0 Å². The highest BCUT2D eigenvalue weighted by atomic mass is 79.9. The van der Waals surface area contributed by atoms with Gasteiger partial charge < -0.3 is 11.1 Å². The summed E-state index contributed by atoms with van der Waals surface area (Å²) in [5.41, 5.74) is 7.54. The smallest absolute Gasteiger partial charge is 0.123 e. The summed E-state index contributed by atoms with van der Waals surface area (Å²) in [5, 5.41) is 3.29. The minimum absolute atomic E-state index is 0.0955. The van der Waals surface area contributed by atoms with E-state index < -0.39 is 0 Å². The summed E-state index contributed by atoms with van der Waals surface area (Å²) in [6.07, 6.45) is 0. The highest BCUT2D eigenvalue weighted by Gasteiger charge is 2.09. The lowest BCUT2D eigenvalue weighted by Gasteiger charge is -2.18. The molecule has 0 saturated carbocycles. The van der Waals surface area contributed by atoms with Gasteiger partial charge in [-0.3, -0.25) is 0 Å². The van der Waals surface area contributed by atoms with Crippen molar-refractivity contribution in [3.63, 3.8) is 0 Å². The average Bonchev–Trinajstić information content (AvgIpc) is 2.38. The molecule has 0 radical (unpaired) electrons. The van der Waals surface area contributed by atoms with E-state index in [1.807, 2.05) is 30.3 Å². The van der Waals surface area contributed by atoms with Crippen LogP contribution in [-0.2, 0) is 0 Å². The zero-order valence-corrected chi connectivity index (χ0v) is 11.3. The lowest BCUT2D eigenvalue weighted by molar-refractivity contribution is 0.622. The number of hydrogen-bond donors (Lipinski definition) is 2. The third kappa shape index (κ3) is 3.31. The van der Waals surface area contributed by atoms with Crippen LogP contribution in [0.2, 0.25) is 0 Å². The quantitative estimate of drug-likeness (QED) is 0.904. The molecule has 2 aromatic carbocycles. The molecule has 0 amide bonds. The Bertz CT molecular complexity index is 513. The minimum atomic E-state index is -0.247. The number of rotatable bonds is 4. The van der Waals surface area contributed by atoms with E-state index in [4.69, 9.17) is 5.73 Å². The van der Waals surface area contributed by atoms with E-state index in [9.17, 15) is 4.39 Å². The van der Waals surface area contributed by atoms with Crippen molar-refractivity contribution >= 4 is 21.6 Å². The topological polar surface area (TPSA) is 38.0 Å². The highest BCUT2D eigenvalue weighted by Crippen LogP contribution is 2.21. The fourth-order valence-corrected chi connectivity index (χ4v) is 2.01. The summed E-state index contributed by atoms with van der Waals surface area (Å²) in [7, 11) is 0. The molecule has 2 rings (SSSR count). The molecule has 0 aliphatic carbocycles. The van der Waals surface area contributed by atoms with Crippen molar-refractivity contribution in [2.75, 3.05) is 11.9 Å². The standard InChI is InChI=1S/C14H14BrFN2/c15-11-4-6-13(7-5-11)18-14(9-17)10-2-1-3-12(16)8-10/h1-8,14,18H,9,17H2. The minimum Gasteiger partial charge on any atom is -0.377 e. The molecule has 0 bridgehead atoms. The van der Waals surface area contributed by atoms with E-state index in [-0.39, 0.29) is 11.9 Å². The van der Waals surface area contributed by atoms with Gasteiger partial charge in [0.25, 0.3) is 0 Å². The van der Waals surface area contributed by atoms with Gasteiger partial charge in [-0.05, 0) is 42.0 Å². The number of benzene rings is 2. The van der Waals surface area contributed by atoms with Gasteiger partial charge in [0.2, 0.25) is 0 Å². The maximum Gasteiger partial charge on any atom is 0.123 e. The third-order valence-electron chi connectivity index (χ3n) is 2.67. The zero-order chi connectivity index (χ0) is 13.0. The van der Waals surface area contributed by atoms with Gasteiger partial charge in [0, 0.05) is 16.7 Å². The van der Waals surface area contributed by atoms with Crippen LogP contribution in [0.4, 0.5) is 10.1 Å². The van der Waals surface area contributed by atoms with Crippen molar-refractivity contribution in [3.05, 3.63) is 64.4 Å². The van der Waals surface area contributed by atoms with Crippen molar-refractivity contribution in [1.29, 1.82) is 0 Å². The summed E-state index contributed by atoms with van der Waals surface area (Å²) in [4.78, 5) is 0. The van der Waals surface area contributed by atoms with E-state index in [1.54, 1.807) is 6.07 Å².